The van der Waals surface area contributed by atoms with Gasteiger partial charge in [-0.05, 0) is 43.2 Å². The first kappa shape index (κ1) is 16.0. The first-order chi connectivity index (χ1) is 12.2. The zero-order valence-corrected chi connectivity index (χ0v) is 13.7. The van der Waals surface area contributed by atoms with Crippen LogP contribution in [-0.4, -0.2) is 15.9 Å². The highest BCUT2D eigenvalue weighted by Gasteiger charge is 2.30. The van der Waals surface area contributed by atoms with Gasteiger partial charge < -0.3 is 4.42 Å². The van der Waals surface area contributed by atoms with Crippen molar-refractivity contribution in [2.24, 2.45) is 0 Å². The van der Waals surface area contributed by atoms with Gasteiger partial charge in [-0.3, -0.25) is 4.90 Å². The van der Waals surface area contributed by atoms with Crippen molar-refractivity contribution in [2.75, 3.05) is 0 Å². The Bertz CT molecular complexity index is 856. The molecule has 1 fully saturated rings. The van der Waals surface area contributed by atoms with E-state index in [4.69, 9.17) is 4.42 Å². The number of hydrogen-bond donors (Lipinski definition) is 0. The lowest BCUT2D eigenvalue weighted by molar-refractivity contribution is 0.218. The fraction of sp³-hybridized carbons (Fsp3) is 0.250. The molecule has 0 bridgehead atoms. The summed E-state index contributed by atoms with van der Waals surface area (Å²) in [6.45, 7) is 1.06. The monoisotopic (exact) mass is 340 g/mol. The molecule has 1 aromatic heterocycles. The predicted octanol–water partition coefficient (Wildman–Crippen LogP) is 4.78. The van der Waals surface area contributed by atoms with Gasteiger partial charge >= 0.3 is 0 Å². The first-order valence-corrected chi connectivity index (χ1v) is 8.37. The smallest absolute Gasteiger partial charge is 0.209 e. The average Bonchev–Trinajstić information content (AvgIpc) is 3.36. The Hall–Kier alpha value is -2.53. The van der Waals surface area contributed by atoms with Crippen molar-refractivity contribution in [1.29, 1.82) is 0 Å². The van der Waals surface area contributed by atoms with E-state index in [9.17, 15) is 8.78 Å². The summed E-state index contributed by atoms with van der Waals surface area (Å²) in [5, 5.41) is 0. The third-order valence-corrected chi connectivity index (χ3v) is 4.42. The van der Waals surface area contributed by atoms with Crippen LogP contribution in [0.1, 0.15) is 24.3 Å². The van der Waals surface area contributed by atoms with Crippen LogP contribution >= 0.6 is 0 Å². The minimum absolute atomic E-state index is 0.187. The van der Waals surface area contributed by atoms with Crippen LogP contribution in [0.5, 0.6) is 0 Å². The molecular formula is C20H18F2N2O. The zero-order chi connectivity index (χ0) is 17.2. The molecule has 3 aromatic rings. The number of rotatable bonds is 6. The van der Waals surface area contributed by atoms with Crippen molar-refractivity contribution >= 4 is 0 Å². The van der Waals surface area contributed by atoms with Gasteiger partial charge in [0.15, 0.2) is 5.76 Å². The van der Waals surface area contributed by atoms with Gasteiger partial charge in [-0.15, -0.1) is 0 Å². The highest BCUT2D eigenvalue weighted by Crippen LogP contribution is 2.31. The summed E-state index contributed by atoms with van der Waals surface area (Å²) in [4.78, 5) is 6.53. The molecule has 0 unspecified atom stereocenters. The van der Waals surface area contributed by atoms with E-state index in [0.717, 1.165) is 18.4 Å². The van der Waals surface area contributed by atoms with Crippen molar-refractivity contribution < 1.29 is 13.2 Å². The SMILES string of the molecule is Fc1ccc(-c2cnc(CN(Cc3ccccc3F)C3CC3)o2)cc1. The molecule has 0 radical (unpaired) electrons. The summed E-state index contributed by atoms with van der Waals surface area (Å²) in [6.07, 6.45) is 3.87. The maximum Gasteiger partial charge on any atom is 0.209 e. The lowest BCUT2D eigenvalue weighted by Crippen LogP contribution is -2.25. The highest BCUT2D eigenvalue weighted by atomic mass is 19.1. The summed E-state index contributed by atoms with van der Waals surface area (Å²) in [7, 11) is 0. The topological polar surface area (TPSA) is 29.3 Å². The molecule has 0 saturated heterocycles. The Kier molecular flexibility index (Phi) is 4.32. The number of nitrogens with zero attached hydrogens (tertiary/aromatic N) is 2. The van der Waals surface area contributed by atoms with Crippen LogP contribution in [0.2, 0.25) is 0 Å². The average molecular weight is 340 g/mol. The molecule has 0 amide bonds. The van der Waals surface area contributed by atoms with Gasteiger partial charge in [0.25, 0.3) is 0 Å². The van der Waals surface area contributed by atoms with Crippen LogP contribution in [0.3, 0.4) is 0 Å². The number of benzene rings is 2. The van der Waals surface area contributed by atoms with Crippen molar-refractivity contribution in [3.05, 3.63) is 77.8 Å². The molecule has 0 atom stereocenters. The van der Waals surface area contributed by atoms with E-state index >= 15 is 0 Å². The van der Waals surface area contributed by atoms with Crippen molar-refractivity contribution in [3.8, 4) is 11.3 Å². The molecule has 2 aromatic carbocycles. The third kappa shape index (κ3) is 3.77. The summed E-state index contributed by atoms with van der Waals surface area (Å²) in [6, 6.07) is 13.4. The molecule has 0 N–H and O–H groups in total. The van der Waals surface area contributed by atoms with Crippen molar-refractivity contribution in [3.63, 3.8) is 0 Å². The van der Waals surface area contributed by atoms with Crippen LogP contribution in [0, 0.1) is 11.6 Å². The standard InChI is InChI=1S/C20H18F2N2O/c21-16-7-5-14(6-8-16)19-11-23-20(25-19)13-24(17-9-10-17)12-15-3-1-2-4-18(15)22/h1-8,11,17H,9-10,12-13H2. The molecule has 25 heavy (non-hydrogen) atoms. The van der Waals surface area contributed by atoms with E-state index in [1.54, 1.807) is 24.4 Å². The van der Waals surface area contributed by atoms with E-state index in [-0.39, 0.29) is 11.6 Å². The van der Waals surface area contributed by atoms with Gasteiger partial charge in [0, 0.05) is 23.7 Å². The first-order valence-electron chi connectivity index (χ1n) is 8.37. The highest BCUT2D eigenvalue weighted by molar-refractivity contribution is 5.55. The molecular weight excluding hydrogens is 322 g/mol. The third-order valence-electron chi connectivity index (χ3n) is 4.42. The summed E-state index contributed by atoms with van der Waals surface area (Å²) in [5.74, 6) is 0.722. The van der Waals surface area contributed by atoms with E-state index < -0.39 is 0 Å². The summed E-state index contributed by atoms with van der Waals surface area (Å²) in [5.41, 5.74) is 1.46. The van der Waals surface area contributed by atoms with Gasteiger partial charge in [-0.25, -0.2) is 13.8 Å². The molecule has 128 valence electrons. The Labute approximate surface area is 144 Å². The van der Waals surface area contributed by atoms with E-state index in [1.165, 1.54) is 18.2 Å². The summed E-state index contributed by atoms with van der Waals surface area (Å²) < 4.78 is 32.8. The number of hydrogen-bond acceptors (Lipinski definition) is 3. The summed E-state index contributed by atoms with van der Waals surface area (Å²) >= 11 is 0. The van der Waals surface area contributed by atoms with E-state index in [1.807, 2.05) is 12.1 Å². The number of halogens is 2. The second-order valence-corrected chi connectivity index (χ2v) is 6.35. The van der Waals surface area contributed by atoms with E-state index in [2.05, 4.69) is 9.88 Å². The quantitative estimate of drug-likeness (QED) is 0.646. The second kappa shape index (κ2) is 6.76. The number of oxazole rings is 1. The Morgan fingerprint density at radius 2 is 1.76 bits per heavy atom. The maximum atomic E-state index is 13.9. The largest absolute Gasteiger partial charge is 0.439 e. The fourth-order valence-electron chi connectivity index (χ4n) is 2.90. The van der Waals surface area contributed by atoms with Crippen molar-refractivity contribution in [2.45, 2.75) is 32.0 Å². The molecule has 0 aliphatic heterocycles. The molecule has 1 heterocycles. The molecule has 0 spiro atoms. The van der Waals surface area contributed by atoms with Crippen molar-refractivity contribution in [1.82, 2.24) is 9.88 Å². The zero-order valence-electron chi connectivity index (χ0n) is 13.7. The molecule has 3 nitrogen and oxygen atoms in total. The Morgan fingerprint density at radius 1 is 1.00 bits per heavy atom. The minimum Gasteiger partial charge on any atom is -0.439 e. The normalized spacial score (nSPS) is 14.2. The van der Waals surface area contributed by atoms with Gasteiger partial charge in [0.1, 0.15) is 11.6 Å². The fourth-order valence-corrected chi connectivity index (χ4v) is 2.90. The molecule has 1 saturated carbocycles. The van der Waals surface area contributed by atoms with Crippen LogP contribution in [0.15, 0.2) is 59.1 Å². The lowest BCUT2D eigenvalue weighted by atomic mass is 10.2. The Balaban J connectivity index is 1.49. The Morgan fingerprint density at radius 3 is 2.48 bits per heavy atom. The number of aromatic nitrogens is 1. The maximum absolute atomic E-state index is 13.9. The molecule has 5 heteroatoms. The van der Waals surface area contributed by atoms with Gasteiger partial charge in [-0.2, -0.15) is 0 Å². The van der Waals surface area contributed by atoms with Crippen LogP contribution in [-0.2, 0) is 13.1 Å². The minimum atomic E-state index is -0.284. The molecule has 1 aliphatic rings. The second-order valence-electron chi connectivity index (χ2n) is 6.35. The van der Waals surface area contributed by atoms with Gasteiger partial charge in [0.05, 0.1) is 12.7 Å². The van der Waals surface area contributed by atoms with E-state index in [0.29, 0.717) is 36.3 Å². The lowest BCUT2D eigenvalue weighted by Gasteiger charge is -2.20. The molecule has 4 rings (SSSR count). The predicted molar refractivity (Wildman–Crippen MR) is 90.6 cm³/mol. The van der Waals surface area contributed by atoms with Gasteiger partial charge in [-0.1, -0.05) is 18.2 Å². The molecule has 1 aliphatic carbocycles. The van der Waals surface area contributed by atoms with Crippen LogP contribution in [0.4, 0.5) is 8.78 Å². The van der Waals surface area contributed by atoms with Gasteiger partial charge in [0.2, 0.25) is 5.89 Å². The van der Waals surface area contributed by atoms with Crippen LogP contribution in [0.25, 0.3) is 11.3 Å². The van der Waals surface area contributed by atoms with Crippen LogP contribution < -0.4 is 0 Å².